The Morgan fingerprint density at radius 3 is 1.71 bits per heavy atom. The highest BCUT2D eigenvalue weighted by Crippen LogP contribution is 2.19. The van der Waals surface area contributed by atoms with E-state index in [2.05, 4.69) is 20.8 Å². The molecular formula is C18H22O2Si. The molecule has 0 aliphatic carbocycles. The molecule has 2 nitrogen and oxygen atoms in total. The van der Waals surface area contributed by atoms with Gasteiger partial charge in [-0.1, -0.05) is 81.4 Å². The van der Waals surface area contributed by atoms with Crippen molar-refractivity contribution in [3.8, 4) is 0 Å². The second kappa shape index (κ2) is 6.72. The van der Waals surface area contributed by atoms with Gasteiger partial charge in [-0.3, -0.25) is 4.79 Å². The Bertz CT molecular complexity index is 534. The molecular weight excluding hydrogens is 276 g/mol. The third-order valence-electron chi connectivity index (χ3n) is 3.13. The molecule has 0 spiro atoms. The first-order chi connectivity index (χ1) is 9.96. The second-order valence-electron chi connectivity index (χ2n) is 6.43. The molecule has 0 unspecified atom stereocenters. The molecule has 110 valence electrons. The van der Waals surface area contributed by atoms with Gasteiger partial charge >= 0.3 is 9.04 Å². The van der Waals surface area contributed by atoms with Crippen molar-refractivity contribution in [2.24, 2.45) is 5.41 Å². The van der Waals surface area contributed by atoms with Crippen molar-refractivity contribution in [2.45, 2.75) is 27.2 Å². The van der Waals surface area contributed by atoms with Crippen LogP contribution in [0.25, 0.3) is 0 Å². The summed E-state index contributed by atoms with van der Waals surface area (Å²) in [4.78, 5) is 12.2. The molecule has 0 radical (unpaired) electrons. The molecule has 0 atom stereocenters. The topological polar surface area (TPSA) is 26.3 Å². The number of benzene rings is 2. The van der Waals surface area contributed by atoms with E-state index in [9.17, 15) is 4.79 Å². The van der Waals surface area contributed by atoms with Gasteiger partial charge in [0, 0.05) is 6.42 Å². The van der Waals surface area contributed by atoms with E-state index >= 15 is 0 Å². The van der Waals surface area contributed by atoms with Gasteiger partial charge in [-0.25, -0.2) is 0 Å². The van der Waals surface area contributed by atoms with Crippen molar-refractivity contribution < 1.29 is 9.22 Å². The first-order valence-electron chi connectivity index (χ1n) is 7.25. The van der Waals surface area contributed by atoms with E-state index in [-0.39, 0.29) is 11.4 Å². The highest BCUT2D eigenvalue weighted by molar-refractivity contribution is 6.81. The third kappa shape index (κ3) is 4.87. The Balaban J connectivity index is 2.24. The van der Waals surface area contributed by atoms with Gasteiger partial charge in [0.2, 0.25) is 0 Å². The third-order valence-corrected chi connectivity index (χ3v) is 5.61. The summed E-state index contributed by atoms with van der Waals surface area (Å²) in [6, 6.07) is 20.1. The van der Waals surface area contributed by atoms with Crippen LogP contribution in [0.2, 0.25) is 0 Å². The van der Waals surface area contributed by atoms with E-state index < -0.39 is 9.04 Å². The minimum absolute atomic E-state index is 0.0522. The van der Waals surface area contributed by atoms with Gasteiger partial charge in [0.15, 0.2) is 0 Å². The predicted octanol–water partition coefficient (Wildman–Crippen LogP) is 2.50. The van der Waals surface area contributed by atoms with Crippen molar-refractivity contribution in [1.29, 1.82) is 0 Å². The van der Waals surface area contributed by atoms with E-state index in [1.165, 1.54) is 0 Å². The summed E-state index contributed by atoms with van der Waals surface area (Å²) in [5, 5.41) is 2.26. The van der Waals surface area contributed by atoms with E-state index in [1.807, 2.05) is 60.7 Å². The maximum Gasteiger partial charge on any atom is 0.302 e. The number of hydrogen-bond donors (Lipinski definition) is 0. The molecule has 0 fully saturated rings. The van der Waals surface area contributed by atoms with Crippen molar-refractivity contribution >= 4 is 25.4 Å². The van der Waals surface area contributed by atoms with Gasteiger partial charge in [0.25, 0.3) is 5.97 Å². The van der Waals surface area contributed by atoms with Crippen LogP contribution in [-0.2, 0) is 9.22 Å². The zero-order valence-corrected chi connectivity index (χ0v) is 14.0. The molecule has 2 aromatic rings. The molecule has 2 aromatic carbocycles. The van der Waals surface area contributed by atoms with Crippen molar-refractivity contribution in [3.05, 3.63) is 60.7 Å². The minimum Gasteiger partial charge on any atom is -0.513 e. The molecule has 0 saturated heterocycles. The van der Waals surface area contributed by atoms with Crippen molar-refractivity contribution in [3.63, 3.8) is 0 Å². The summed E-state index contributed by atoms with van der Waals surface area (Å²) in [5.41, 5.74) is -0.0522. The Morgan fingerprint density at radius 2 is 1.33 bits per heavy atom. The van der Waals surface area contributed by atoms with Crippen LogP contribution < -0.4 is 10.4 Å². The van der Waals surface area contributed by atoms with Crippen LogP contribution in [0.3, 0.4) is 0 Å². The lowest BCUT2D eigenvalue weighted by Crippen LogP contribution is -2.46. The van der Waals surface area contributed by atoms with E-state index in [4.69, 9.17) is 4.43 Å². The molecule has 2 rings (SSSR count). The fourth-order valence-electron chi connectivity index (χ4n) is 2.19. The molecule has 0 aliphatic heterocycles. The Morgan fingerprint density at radius 1 is 0.905 bits per heavy atom. The minimum atomic E-state index is -1.95. The number of carbonyl (C=O) groups is 1. The summed E-state index contributed by atoms with van der Waals surface area (Å²) < 4.78 is 5.90. The zero-order chi connectivity index (χ0) is 15.3. The quantitative estimate of drug-likeness (QED) is 0.811. The van der Waals surface area contributed by atoms with E-state index in [1.54, 1.807) is 0 Å². The number of hydrogen-bond acceptors (Lipinski definition) is 2. The van der Waals surface area contributed by atoms with Crippen molar-refractivity contribution in [1.82, 2.24) is 0 Å². The maximum absolute atomic E-state index is 12.2. The predicted molar refractivity (Wildman–Crippen MR) is 89.5 cm³/mol. The SMILES string of the molecule is CC(C)(C)CC(=O)O[SiH](c1ccccc1)c1ccccc1. The Labute approximate surface area is 128 Å². The molecule has 0 amide bonds. The summed E-state index contributed by atoms with van der Waals surface area (Å²) in [5.74, 6) is -0.105. The summed E-state index contributed by atoms with van der Waals surface area (Å²) in [6.07, 6.45) is 0.441. The lowest BCUT2D eigenvalue weighted by Gasteiger charge is -2.21. The fourth-order valence-corrected chi connectivity index (χ4v) is 4.34. The zero-order valence-electron chi connectivity index (χ0n) is 12.9. The van der Waals surface area contributed by atoms with Crippen LogP contribution in [0.15, 0.2) is 60.7 Å². The molecule has 0 aromatic heterocycles. The van der Waals surface area contributed by atoms with E-state index in [0.29, 0.717) is 6.42 Å². The largest absolute Gasteiger partial charge is 0.513 e. The smallest absolute Gasteiger partial charge is 0.302 e. The Kier molecular flexibility index (Phi) is 4.97. The molecule has 0 heterocycles. The van der Waals surface area contributed by atoms with Crippen LogP contribution in [0.1, 0.15) is 27.2 Å². The van der Waals surface area contributed by atoms with Gasteiger partial charge < -0.3 is 4.43 Å². The molecule has 0 aliphatic rings. The second-order valence-corrected chi connectivity index (χ2v) is 8.76. The molecule has 0 bridgehead atoms. The van der Waals surface area contributed by atoms with Gasteiger partial charge in [0.05, 0.1) is 0 Å². The Hall–Kier alpha value is -1.87. The molecule has 21 heavy (non-hydrogen) atoms. The molecule has 0 saturated carbocycles. The number of rotatable bonds is 4. The summed E-state index contributed by atoms with van der Waals surface area (Å²) in [7, 11) is -1.95. The molecule has 3 heteroatoms. The van der Waals surface area contributed by atoms with Crippen LogP contribution in [0, 0.1) is 5.41 Å². The van der Waals surface area contributed by atoms with Gasteiger partial charge in [-0.2, -0.15) is 0 Å². The van der Waals surface area contributed by atoms with Gasteiger partial charge in [0.1, 0.15) is 0 Å². The standard InChI is InChI=1S/C18H22O2Si/c1-18(2,3)14-17(19)20-21(15-10-6-4-7-11-15)16-12-8-5-9-13-16/h4-13,21H,14H2,1-3H3. The highest BCUT2D eigenvalue weighted by Gasteiger charge is 2.24. The lowest BCUT2D eigenvalue weighted by atomic mass is 9.93. The summed E-state index contributed by atoms with van der Waals surface area (Å²) in [6.45, 7) is 6.15. The van der Waals surface area contributed by atoms with Crippen LogP contribution in [0.5, 0.6) is 0 Å². The summed E-state index contributed by atoms with van der Waals surface area (Å²) >= 11 is 0. The van der Waals surface area contributed by atoms with Crippen LogP contribution in [-0.4, -0.2) is 15.0 Å². The monoisotopic (exact) mass is 298 g/mol. The van der Waals surface area contributed by atoms with Crippen LogP contribution in [0.4, 0.5) is 0 Å². The average Bonchev–Trinajstić information content (AvgIpc) is 2.45. The molecule has 0 N–H and O–H groups in total. The highest BCUT2D eigenvalue weighted by atomic mass is 28.3. The van der Waals surface area contributed by atoms with E-state index in [0.717, 1.165) is 10.4 Å². The first kappa shape index (κ1) is 15.5. The maximum atomic E-state index is 12.2. The van der Waals surface area contributed by atoms with Gasteiger partial charge in [-0.05, 0) is 15.8 Å². The first-order valence-corrected chi connectivity index (χ1v) is 8.88. The lowest BCUT2D eigenvalue weighted by molar-refractivity contribution is -0.136. The van der Waals surface area contributed by atoms with Crippen LogP contribution >= 0.6 is 0 Å². The van der Waals surface area contributed by atoms with Gasteiger partial charge in [-0.15, -0.1) is 0 Å². The fraction of sp³-hybridized carbons (Fsp3) is 0.278. The normalized spacial score (nSPS) is 11.4. The number of carbonyl (C=O) groups excluding carboxylic acids is 1. The average molecular weight is 298 g/mol. The van der Waals surface area contributed by atoms with Crippen molar-refractivity contribution in [2.75, 3.05) is 0 Å².